The van der Waals surface area contributed by atoms with E-state index in [4.69, 9.17) is 18.9 Å². The van der Waals surface area contributed by atoms with Crippen LogP contribution in [0.25, 0.3) is 22.2 Å². The number of rotatable bonds is 9. The van der Waals surface area contributed by atoms with E-state index in [1.54, 1.807) is 0 Å². The average molecular weight is 460 g/mol. The molecule has 3 aromatic carbocycles. The molecule has 176 valence electrons. The fraction of sp³-hybridized carbons (Fsp3) is 0.286. The minimum absolute atomic E-state index is 0.284. The molecule has 1 unspecified atom stereocenters. The zero-order valence-corrected chi connectivity index (χ0v) is 19.9. The Morgan fingerprint density at radius 1 is 1.03 bits per heavy atom. The first-order chi connectivity index (χ1) is 16.4. The molecule has 1 atom stereocenters. The van der Waals surface area contributed by atoms with Gasteiger partial charge in [0.2, 0.25) is 5.89 Å². The molecule has 6 heteroatoms. The van der Waals surface area contributed by atoms with Crippen LogP contribution in [-0.2, 0) is 22.4 Å². The summed E-state index contributed by atoms with van der Waals surface area (Å²) in [6.07, 6.45) is 0.00383. The molecule has 1 N–H and O–H groups in total. The van der Waals surface area contributed by atoms with Crippen LogP contribution < -0.4 is 4.74 Å². The van der Waals surface area contributed by atoms with Crippen molar-refractivity contribution in [3.05, 3.63) is 82.7 Å². The molecule has 0 amide bonds. The van der Waals surface area contributed by atoms with Gasteiger partial charge in [-0.05, 0) is 49.9 Å². The predicted octanol–water partition coefficient (Wildman–Crippen LogP) is 5.68. The number of aryl methyl sites for hydroxylation is 3. The molecule has 4 rings (SSSR count). The smallest absolute Gasteiger partial charge is 0.333 e. The molecular weight excluding hydrogens is 430 g/mol. The van der Waals surface area contributed by atoms with E-state index in [1.807, 2.05) is 43.3 Å². The number of aliphatic carboxylic acids is 1. The minimum atomic E-state index is -0.977. The van der Waals surface area contributed by atoms with Crippen LogP contribution in [0.3, 0.4) is 0 Å². The Labute approximate surface area is 199 Å². The van der Waals surface area contributed by atoms with Gasteiger partial charge in [0.15, 0.2) is 6.10 Å². The Hall–Kier alpha value is -3.64. The van der Waals surface area contributed by atoms with Crippen LogP contribution in [0.1, 0.15) is 28.1 Å². The second-order valence-corrected chi connectivity index (χ2v) is 8.53. The predicted molar refractivity (Wildman–Crippen MR) is 131 cm³/mol. The van der Waals surface area contributed by atoms with Gasteiger partial charge in [0, 0.05) is 30.9 Å². The molecule has 34 heavy (non-hydrogen) atoms. The van der Waals surface area contributed by atoms with Crippen LogP contribution in [0.2, 0.25) is 0 Å². The van der Waals surface area contributed by atoms with E-state index in [9.17, 15) is 9.90 Å². The number of methoxy groups -OCH3 is 1. The maximum atomic E-state index is 11.4. The van der Waals surface area contributed by atoms with Crippen molar-refractivity contribution in [1.82, 2.24) is 4.98 Å². The van der Waals surface area contributed by atoms with Crippen molar-refractivity contribution in [3.63, 3.8) is 0 Å². The van der Waals surface area contributed by atoms with Gasteiger partial charge in [-0.1, -0.05) is 47.5 Å². The monoisotopic (exact) mass is 459 g/mol. The van der Waals surface area contributed by atoms with Crippen LogP contribution in [-0.4, -0.2) is 35.9 Å². The molecule has 1 heterocycles. The molecule has 0 aliphatic carbocycles. The lowest BCUT2D eigenvalue weighted by Gasteiger charge is -2.15. The summed E-state index contributed by atoms with van der Waals surface area (Å²) in [5.41, 5.74) is 5.10. The fourth-order valence-corrected chi connectivity index (χ4v) is 4.25. The summed E-state index contributed by atoms with van der Waals surface area (Å²) >= 11 is 0. The minimum Gasteiger partial charge on any atom is -0.493 e. The molecule has 0 fully saturated rings. The van der Waals surface area contributed by atoms with Gasteiger partial charge >= 0.3 is 5.97 Å². The lowest BCUT2D eigenvalue weighted by molar-refractivity contribution is -0.148. The highest BCUT2D eigenvalue weighted by atomic mass is 16.5. The molecule has 6 nitrogen and oxygen atoms in total. The van der Waals surface area contributed by atoms with Crippen molar-refractivity contribution in [2.24, 2.45) is 0 Å². The number of fused-ring (bicyclic) bond motifs is 1. The third-order valence-corrected chi connectivity index (χ3v) is 5.90. The third kappa shape index (κ3) is 5.13. The van der Waals surface area contributed by atoms with E-state index < -0.39 is 12.1 Å². The zero-order chi connectivity index (χ0) is 24.2. The number of hydrogen-bond acceptors (Lipinski definition) is 5. The first-order valence-corrected chi connectivity index (χ1v) is 11.3. The fourth-order valence-electron chi connectivity index (χ4n) is 4.25. The van der Waals surface area contributed by atoms with Crippen LogP contribution >= 0.6 is 0 Å². The van der Waals surface area contributed by atoms with E-state index in [0.29, 0.717) is 18.9 Å². The number of carboxylic acid groups (broad SMARTS) is 1. The van der Waals surface area contributed by atoms with E-state index in [0.717, 1.165) is 39.1 Å². The lowest BCUT2D eigenvalue weighted by atomic mass is 9.99. The SMILES string of the molecule is COC(Cc1ccc(OCCc2nc(-c3cc(C)cc(C)c3)oc2C)c2ccccc12)C(=O)O. The van der Waals surface area contributed by atoms with Crippen LogP contribution in [0.4, 0.5) is 0 Å². The standard InChI is InChI=1S/C28H29NO5/c1-17-13-18(2)15-21(14-17)27-29-24(19(3)34-27)11-12-33-25-10-9-20(16-26(32-4)28(30)31)22-7-5-6-8-23(22)25/h5-10,13-15,26H,11-12,16H2,1-4H3,(H,30,31). The number of carboxylic acids is 1. The number of benzene rings is 3. The maximum Gasteiger partial charge on any atom is 0.333 e. The van der Waals surface area contributed by atoms with Gasteiger partial charge in [0.1, 0.15) is 11.5 Å². The first kappa shape index (κ1) is 23.5. The number of ether oxygens (including phenoxy) is 2. The van der Waals surface area contributed by atoms with Crippen molar-refractivity contribution < 1.29 is 23.8 Å². The Morgan fingerprint density at radius 2 is 1.74 bits per heavy atom. The van der Waals surface area contributed by atoms with Crippen molar-refractivity contribution in [3.8, 4) is 17.2 Å². The number of carbonyl (C=O) groups is 1. The maximum absolute atomic E-state index is 11.4. The van der Waals surface area contributed by atoms with E-state index in [2.05, 4.69) is 32.0 Å². The second-order valence-electron chi connectivity index (χ2n) is 8.53. The van der Waals surface area contributed by atoms with Crippen LogP contribution in [0.15, 0.2) is 59.0 Å². The van der Waals surface area contributed by atoms with Gasteiger partial charge in [-0.2, -0.15) is 0 Å². The van der Waals surface area contributed by atoms with E-state index in [1.165, 1.54) is 18.2 Å². The quantitative estimate of drug-likeness (QED) is 0.347. The van der Waals surface area contributed by atoms with Gasteiger partial charge in [-0.25, -0.2) is 9.78 Å². The Kier molecular flexibility index (Phi) is 6.98. The molecule has 0 aliphatic heterocycles. The summed E-state index contributed by atoms with van der Waals surface area (Å²) in [5, 5.41) is 11.2. The van der Waals surface area contributed by atoms with Crippen molar-refractivity contribution in [2.75, 3.05) is 13.7 Å². The highest BCUT2D eigenvalue weighted by molar-refractivity contribution is 5.91. The molecule has 0 saturated carbocycles. The second kappa shape index (κ2) is 10.1. The summed E-state index contributed by atoms with van der Waals surface area (Å²) in [4.78, 5) is 16.1. The number of hydrogen-bond donors (Lipinski definition) is 1. The van der Waals surface area contributed by atoms with Crippen molar-refractivity contribution in [1.29, 1.82) is 0 Å². The summed E-state index contributed by atoms with van der Waals surface area (Å²) in [6, 6.07) is 17.9. The molecule has 0 aliphatic rings. The highest BCUT2D eigenvalue weighted by Crippen LogP contribution is 2.30. The third-order valence-electron chi connectivity index (χ3n) is 5.90. The summed E-state index contributed by atoms with van der Waals surface area (Å²) in [6.45, 7) is 6.49. The van der Waals surface area contributed by atoms with Crippen molar-refractivity contribution >= 4 is 16.7 Å². The van der Waals surface area contributed by atoms with Gasteiger partial charge in [-0.3, -0.25) is 0 Å². The molecule has 1 aromatic heterocycles. The topological polar surface area (TPSA) is 81.8 Å². The largest absolute Gasteiger partial charge is 0.493 e. The number of aromatic nitrogens is 1. The molecular formula is C28H29NO5. The molecule has 0 bridgehead atoms. The molecule has 0 spiro atoms. The average Bonchev–Trinajstić information content (AvgIpc) is 3.18. The van der Waals surface area contributed by atoms with Gasteiger partial charge < -0.3 is 19.0 Å². The normalized spacial score (nSPS) is 12.1. The summed E-state index contributed by atoms with van der Waals surface area (Å²) in [7, 11) is 1.41. The van der Waals surface area contributed by atoms with Gasteiger partial charge in [0.25, 0.3) is 0 Å². The summed E-state index contributed by atoms with van der Waals surface area (Å²) in [5.74, 6) is 1.19. The molecule has 0 saturated heterocycles. The zero-order valence-electron chi connectivity index (χ0n) is 19.9. The Morgan fingerprint density at radius 3 is 2.41 bits per heavy atom. The highest BCUT2D eigenvalue weighted by Gasteiger charge is 2.19. The Bertz CT molecular complexity index is 1300. The lowest BCUT2D eigenvalue weighted by Crippen LogP contribution is -2.24. The molecule has 0 radical (unpaired) electrons. The van der Waals surface area contributed by atoms with Crippen LogP contribution in [0, 0.1) is 20.8 Å². The van der Waals surface area contributed by atoms with Crippen LogP contribution in [0.5, 0.6) is 5.75 Å². The number of nitrogens with zero attached hydrogens (tertiary/aromatic N) is 1. The first-order valence-electron chi connectivity index (χ1n) is 11.3. The summed E-state index contributed by atoms with van der Waals surface area (Å²) < 4.78 is 17.2. The molecule has 4 aromatic rings. The van der Waals surface area contributed by atoms with E-state index in [-0.39, 0.29) is 6.42 Å². The number of oxazole rings is 1. The van der Waals surface area contributed by atoms with Crippen molar-refractivity contribution in [2.45, 2.75) is 39.7 Å². The van der Waals surface area contributed by atoms with Gasteiger partial charge in [-0.15, -0.1) is 0 Å². The van der Waals surface area contributed by atoms with Gasteiger partial charge in [0.05, 0.1) is 12.3 Å². The Balaban J connectivity index is 1.50. The van der Waals surface area contributed by atoms with E-state index >= 15 is 0 Å².